The number of hydrogen-bond acceptors (Lipinski definition) is 3. The predicted octanol–water partition coefficient (Wildman–Crippen LogP) is 0.866. The number of nitrogens with two attached hydrogens (primary N) is 1. The summed E-state index contributed by atoms with van der Waals surface area (Å²) in [5, 5.41) is 14.2. The maximum absolute atomic E-state index is 10.8. The zero-order valence-electron chi connectivity index (χ0n) is 9.76. The summed E-state index contributed by atoms with van der Waals surface area (Å²) in [7, 11) is 0. The lowest BCUT2D eigenvalue weighted by atomic mass is 9.55. The maximum Gasteiger partial charge on any atom is 0.0727 e. The second-order valence-corrected chi connectivity index (χ2v) is 5.53. The third-order valence-corrected chi connectivity index (χ3v) is 4.87. The first kappa shape index (κ1) is 11.4. The van der Waals surface area contributed by atoms with E-state index in [9.17, 15) is 5.11 Å². The Bertz CT molecular complexity index is 212. The van der Waals surface area contributed by atoms with Gasteiger partial charge in [0.25, 0.3) is 0 Å². The molecule has 0 radical (unpaired) electrons. The smallest absolute Gasteiger partial charge is 0.0727 e. The van der Waals surface area contributed by atoms with E-state index in [1.807, 2.05) is 6.92 Å². The van der Waals surface area contributed by atoms with Gasteiger partial charge in [0.15, 0.2) is 0 Å². The van der Waals surface area contributed by atoms with Gasteiger partial charge < -0.3 is 16.2 Å². The van der Waals surface area contributed by atoms with Gasteiger partial charge in [0, 0.05) is 24.4 Å². The van der Waals surface area contributed by atoms with Crippen molar-refractivity contribution < 1.29 is 5.11 Å². The largest absolute Gasteiger partial charge is 0.389 e. The van der Waals surface area contributed by atoms with Gasteiger partial charge in [-0.1, -0.05) is 6.42 Å². The Morgan fingerprint density at radius 1 is 1.47 bits per heavy atom. The van der Waals surface area contributed by atoms with Gasteiger partial charge in [-0.15, -0.1) is 0 Å². The molecule has 3 nitrogen and oxygen atoms in total. The summed E-state index contributed by atoms with van der Waals surface area (Å²) in [5.74, 6) is 0.384. The summed E-state index contributed by atoms with van der Waals surface area (Å²) < 4.78 is 0. The minimum absolute atomic E-state index is 0.0106. The van der Waals surface area contributed by atoms with Crippen molar-refractivity contribution in [2.45, 2.75) is 44.6 Å². The Morgan fingerprint density at radius 2 is 2.20 bits per heavy atom. The molecular weight excluding hydrogens is 188 g/mol. The van der Waals surface area contributed by atoms with E-state index in [1.165, 1.54) is 12.8 Å². The van der Waals surface area contributed by atoms with Crippen molar-refractivity contribution in [1.82, 2.24) is 5.32 Å². The first-order valence-electron chi connectivity index (χ1n) is 6.25. The Labute approximate surface area is 92.4 Å². The van der Waals surface area contributed by atoms with E-state index >= 15 is 0 Å². The van der Waals surface area contributed by atoms with Crippen LogP contribution in [0, 0.1) is 11.3 Å². The number of nitrogens with one attached hydrogen (secondary N) is 1. The normalized spacial score (nSPS) is 34.2. The van der Waals surface area contributed by atoms with Crippen LogP contribution in [0.15, 0.2) is 0 Å². The molecule has 0 bridgehead atoms. The summed E-state index contributed by atoms with van der Waals surface area (Å²) in [6.45, 7) is 4.70. The van der Waals surface area contributed by atoms with E-state index in [4.69, 9.17) is 5.73 Å². The van der Waals surface area contributed by atoms with Gasteiger partial charge in [0.1, 0.15) is 0 Å². The van der Waals surface area contributed by atoms with Crippen LogP contribution in [0.2, 0.25) is 0 Å². The van der Waals surface area contributed by atoms with Crippen molar-refractivity contribution in [3.8, 4) is 0 Å². The molecule has 0 spiro atoms. The van der Waals surface area contributed by atoms with Gasteiger partial charge in [-0.2, -0.15) is 0 Å². The van der Waals surface area contributed by atoms with Crippen molar-refractivity contribution in [2.24, 2.45) is 17.1 Å². The van der Waals surface area contributed by atoms with E-state index in [0.29, 0.717) is 12.5 Å². The molecule has 0 aromatic rings. The van der Waals surface area contributed by atoms with Crippen LogP contribution in [0.25, 0.3) is 0 Å². The van der Waals surface area contributed by atoms with Gasteiger partial charge >= 0.3 is 0 Å². The Balaban J connectivity index is 2.09. The fraction of sp³-hybridized carbons (Fsp3) is 1.00. The van der Waals surface area contributed by atoms with Crippen LogP contribution in [-0.2, 0) is 0 Å². The quantitative estimate of drug-likeness (QED) is 0.650. The summed E-state index contributed by atoms with van der Waals surface area (Å²) in [6.07, 6.45) is 5.76. The summed E-state index contributed by atoms with van der Waals surface area (Å²) in [4.78, 5) is 0. The van der Waals surface area contributed by atoms with Crippen molar-refractivity contribution in [2.75, 3.05) is 19.6 Å². The standard InChI is InChI=1S/C12H24N2O/c1-11(15,10-4-2-7-14-8-10)12(9-13)5-3-6-12/h10,14-15H,2-9,13H2,1H3. The molecule has 2 atom stereocenters. The van der Waals surface area contributed by atoms with Crippen molar-refractivity contribution >= 4 is 0 Å². The van der Waals surface area contributed by atoms with Crippen LogP contribution in [0.4, 0.5) is 0 Å². The second-order valence-electron chi connectivity index (χ2n) is 5.53. The van der Waals surface area contributed by atoms with E-state index < -0.39 is 5.60 Å². The highest BCUT2D eigenvalue weighted by molar-refractivity contribution is 5.06. The molecule has 2 rings (SSSR count). The van der Waals surface area contributed by atoms with Gasteiger partial charge in [0.05, 0.1) is 5.60 Å². The van der Waals surface area contributed by atoms with Gasteiger partial charge in [0.2, 0.25) is 0 Å². The molecule has 1 heterocycles. The van der Waals surface area contributed by atoms with Gasteiger partial charge in [-0.25, -0.2) is 0 Å². The van der Waals surface area contributed by atoms with Crippen LogP contribution in [-0.4, -0.2) is 30.3 Å². The van der Waals surface area contributed by atoms with Gasteiger partial charge in [-0.3, -0.25) is 0 Å². The molecule has 15 heavy (non-hydrogen) atoms. The fourth-order valence-corrected chi connectivity index (χ4v) is 3.29. The van der Waals surface area contributed by atoms with Crippen LogP contribution < -0.4 is 11.1 Å². The van der Waals surface area contributed by atoms with Crippen LogP contribution in [0.1, 0.15) is 39.0 Å². The molecule has 3 heteroatoms. The minimum Gasteiger partial charge on any atom is -0.389 e. The number of hydrogen-bond donors (Lipinski definition) is 3. The number of piperidine rings is 1. The first-order chi connectivity index (χ1) is 7.12. The fourth-order valence-electron chi connectivity index (χ4n) is 3.29. The van der Waals surface area contributed by atoms with Crippen molar-refractivity contribution in [3.63, 3.8) is 0 Å². The molecule has 0 aromatic carbocycles. The topological polar surface area (TPSA) is 58.3 Å². The average molecular weight is 212 g/mol. The Hall–Kier alpha value is -0.120. The van der Waals surface area contributed by atoms with Crippen molar-refractivity contribution in [1.29, 1.82) is 0 Å². The Kier molecular flexibility index (Phi) is 3.06. The van der Waals surface area contributed by atoms with E-state index in [1.54, 1.807) is 0 Å². The zero-order chi connectivity index (χ0) is 10.9. The zero-order valence-corrected chi connectivity index (χ0v) is 9.76. The molecule has 2 unspecified atom stereocenters. The molecule has 1 saturated heterocycles. The highest BCUT2D eigenvalue weighted by atomic mass is 16.3. The van der Waals surface area contributed by atoms with Crippen LogP contribution >= 0.6 is 0 Å². The summed E-state index contributed by atoms with van der Waals surface area (Å²) in [5.41, 5.74) is 5.32. The van der Waals surface area contributed by atoms with Crippen LogP contribution in [0.3, 0.4) is 0 Å². The monoisotopic (exact) mass is 212 g/mol. The van der Waals surface area contributed by atoms with Crippen LogP contribution in [0.5, 0.6) is 0 Å². The highest BCUT2D eigenvalue weighted by Gasteiger charge is 2.53. The summed E-state index contributed by atoms with van der Waals surface area (Å²) >= 11 is 0. The predicted molar refractivity (Wildman–Crippen MR) is 61.6 cm³/mol. The lowest BCUT2D eigenvalue weighted by Crippen LogP contribution is -2.61. The molecule has 1 saturated carbocycles. The number of rotatable bonds is 3. The first-order valence-corrected chi connectivity index (χ1v) is 6.25. The molecule has 4 N–H and O–H groups in total. The molecule has 0 amide bonds. The molecule has 2 aliphatic rings. The lowest BCUT2D eigenvalue weighted by Gasteiger charge is -2.55. The Morgan fingerprint density at radius 3 is 2.60 bits per heavy atom. The minimum atomic E-state index is -0.576. The third-order valence-electron chi connectivity index (χ3n) is 4.87. The molecular formula is C12H24N2O. The molecule has 1 aliphatic heterocycles. The molecule has 2 fully saturated rings. The third kappa shape index (κ3) is 1.71. The maximum atomic E-state index is 10.8. The molecule has 88 valence electrons. The lowest BCUT2D eigenvalue weighted by molar-refractivity contribution is -0.150. The average Bonchev–Trinajstić information content (AvgIpc) is 2.18. The molecule has 1 aliphatic carbocycles. The van der Waals surface area contributed by atoms with E-state index in [2.05, 4.69) is 5.32 Å². The molecule has 0 aromatic heterocycles. The highest BCUT2D eigenvalue weighted by Crippen LogP contribution is 2.52. The second kappa shape index (κ2) is 4.04. The van der Waals surface area contributed by atoms with E-state index in [0.717, 1.165) is 32.4 Å². The van der Waals surface area contributed by atoms with Gasteiger partial charge in [-0.05, 0) is 39.2 Å². The SMILES string of the molecule is CC(O)(C1CCCNC1)C1(CN)CCC1. The summed E-state index contributed by atoms with van der Waals surface area (Å²) in [6, 6.07) is 0. The van der Waals surface area contributed by atoms with E-state index in [-0.39, 0.29) is 5.41 Å². The van der Waals surface area contributed by atoms with Crippen molar-refractivity contribution in [3.05, 3.63) is 0 Å². The number of aliphatic hydroxyl groups is 1.